The molecular formula is C24H18F3NO6S. The number of benzene rings is 2. The second-order valence-corrected chi connectivity index (χ2v) is 8.46. The first-order valence-corrected chi connectivity index (χ1v) is 11.2. The van der Waals surface area contributed by atoms with E-state index in [1.165, 1.54) is 18.6 Å². The summed E-state index contributed by atoms with van der Waals surface area (Å²) >= 11 is 0.806. The van der Waals surface area contributed by atoms with Crippen molar-refractivity contribution in [2.75, 3.05) is 12.0 Å². The molecule has 2 heterocycles. The van der Waals surface area contributed by atoms with Gasteiger partial charge in [0.15, 0.2) is 11.6 Å². The number of carboxylic acids is 1. The van der Waals surface area contributed by atoms with E-state index in [9.17, 15) is 28.3 Å². The molecule has 7 nitrogen and oxygen atoms in total. The van der Waals surface area contributed by atoms with E-state index in [-0.39, 0.29) is 45.9 Å². The molecule has 3 aromatic rings. The molecule has 0 saturated heterocycles. The third-order valence-corrected chi connectivity index (χ3v) is 6.58. The van der Waals surface area contributed by atoms with Crippen LogP contribution in [-0.2, 0) is 24.2 Å². The Morgan fingerprint density at radius 1 is 1.14 bits per heavy atom. The molecule has 11 heteroatoms. The monoisotopic (exact) mass is 505 g/mol. The highest BCUT2D eigenvalue weighted by atomic mass is 32.1. The van der Waals surface area contributed by atoms with E-state index in [4.69, 9.17) is 9.47 Å². The standard InChI is InChI=1S/C24H18F3NO6S/c1-3-11-6-15(26)16(8-18(11)34-9-13-17(33-2)5-4-14(25)21(13)27)28-19(29)7-12-10-35-22(24(31)32)20(12)23(28)30/h4-6,8,10H,3,7,9H2,1-2H3,(H,31,32). The first-order valence-electron chi connectivity index (χ1n) is 10.3. The van der Waals surface area contributed by atoms with E-state index >= 15 is 4.39 Å². The van der Waals surface area contributed by atoms with Crippen molar-refractivity contribution >= 4 is 34.8 Å². The quantitative estimate of drug-likeness (QED) is 0.466. The fourth-order valence-corrected chi connectivity index (χ4v) is 4.74. The number of imide groups is 1. The Bertz CT molecular complexity index is 1370. The molecule has 0 atom stereocenters. The summed E-state index contributed by atoms with van der Waals surface area (Å²) in [6.45, 7) is 1.23. The number of carbonyl (C=O) groups excluding carboxylic acids is 2. The number of aromatic carboxylic acids is 1. The lowest BCUT2D eigenvalue weighted by Crippen LogP contribution is -2.43. The molecule has 4 rings (SSSR count). The Kier molecular flexibility index (Phi) is 6.53. The van der Waals surface area contributed by atoms with Crippen molar-refractivity contribution in [2.24, 2.45) is 0 Å². The second-order valence-electron chi connectivity index (χ2n) is 7.58. The Labute approximate surface area is 201 Å². The van der Waals surface area contributed by atoms with Gasteiger partial charge < -0.3 is 14.6 Å². The maximum absolute atomic E-state index is 15.1. The SMILES string of the molecule is CCc1cc(F)c(N2C(=O)Cc3csc(C(=O)O)c3C2=O)cc1OCc1c(OC)ccc(F)c1F. The molecule has 1 N–H and O–H groups in total. The summed E-state index contributed by atoms with van der Waals surface area (Å²) in [4.78, 5) is 37.7. The number of nitrogens with zero attached hydrogens (tertiary/aromatic N) is 1. The first-order chi connectivity index (χ1) is 16.7. The van der Waals surface area contributed by atoms with Crippen molar-refractivity contribution in [1.82, 2.24) is 0 Å². The number of thiophene rings is 1. The van der Waals surface area contributed by atoms with E-state index in [2.05, 4.69) is 0 Å². The number of carboxylic acid groups (broad SMARTS) is 1. The van der Waals surface area contributed by atoms with Crippen LogP contribution in [-0.4, -0.2) is 30.0 Å². The summed E-state index contributed by atoms with van der Waals surface area (Å²) in [6, 6.07) is 4.33. The molecule has 35 heavy (non-hydrogen) atoms. The van der Waals surface area contributed by atoms with Gasteiger partial charge >= 0.3 is 5.97 Å². The van der Waals surface area contributed by atoms with Gasteiger partial charge in [0.25, 0.3) is 5.91 Å². The number of ether oxygens (including phenoxy) is 2. The van der Waals surface area contributed by atoms with E-state index in [0.717, 1.165) is 29.5 Å². The van der Waals surface area contributed by atoms with Gasteiger partial charge in [0.2, 0.25) is 5.91 Å². The van der Waals surface area contributed by atoms with Crippen molar-refractivity contribution in [3.8, 4) is 11.5 Å². The molecule has 2 aromatic carbocycles. The van der Waals surface area contributed by atoms with Crippen molar-refractivity contribution < 1.29 is 42.1 Å². The molecule has 0 aliphatic carbocycles. The van der Waals surface area contributed by atoms with Crippen LogP contribution in [0.25, 0.3) is 0 Å². The van der Waals surface area contributed by atoms with Gasteiger partial charge in [-0.15, -0.1) is 11.3 Å². The molecular weight excluding hydrogens is 487 g/mol. The number of hydrogen-bond donors (Lipinski definition) is 1. The Morgan fingerprint density at radius 3 is 2.54 bits per heavy atom. The van der Waals surface area contributed by atoms with Gasteiger partial charge in [-0.25, -0.2) is 22.9 Å². The highest BCUT2D eigenvalue weighted by Crippen LogP contribution is 2.36. The summed E-state index contributed by atoms with van der Waals surface area (Å²) in [5.41, 5.74) is -0.211. The molecule has 0 bridgehead atoms. The molecule has 0 unspecified atom stereocenters. The van der Waals surface area contributed by atoms with E-state index in [1.807, 2.05) is 0 Å². The van der Waals surface area contributed by atoms with Gasteiger partial charge in [-0.2, -0.15) is 0 Å². The van der Waals surface area contributed by atoms with Crippen LogP contribution in [0.1, 0.15) is 43.6 Å². The van der Waals surface area contributed by atoms with Crippen LogP contribution in [0.15, 0.2) is 29.6 Å². The summed E-state index contributed by atoms with van der Waals surface area (Å²) < 4.78 is 53.9. The molecule has 0 saturated carbocycles. The number of amides is 2. The molecule has 182 valence electrons. The first kappa shape index (κ1) is 24.3. The van der Waals surface area contributed by atoms with Gasteiger partial charge in [0.05, 0.1) is 30.3 Å². The van der Waals surface area contributed by atoms with Gasteiger partial charge in [0, 0.05) is 6.07 Å². The van der Waals surface area contributed by atoms with E-state index in [1.54, 1.807) is 6.92 Å². The largest absolute Gasteiger partial charge is 0.496 e. The van der Waals surface area contributed by atoms with E-state index in [0.29, 0.717) is 10.5 Å². The van der Waals surface area contributed by atoms with Gasteiger partial charge in [-0.3, -0.25) is 9.59 Å². The number of aryl methyl sites for hydroxylation is 1. The molecule has 1 aliphatic heterocycles. The van der Waals surface area contributed by atoms with Crippen LogP contribution >= 0.6 is 11.3 Å². The van der Waals surface area contributed by atoms with Gasteiger partial charge in [-0.05, 0) is 41.1 Å². The van der Waals surface area contributed by atoms with E-state index < -0.39 is 47.5 Å². The smallest absolute Gasteiger partial charge is 0.346 e. The topological polar surface area (TPSA) is 93.1 Å². The zero-order valence-electron chi connectivity index (χ0n) is 18.5. The minimum absolute atomic E-state index is 0.0322. The Hall–Kier alpha value is -3.86. The molecule has 0 spiro atoms. The highest BCUT2D eigenvalue weighted by Gasteiger charge is 2.38. The van der Waals surface area contributed by atoms with Crippen LogP contribution in [0.5, 0.6) is 11.5 Å². The minimum Gasteiger partial charge on any atom is -0.496 e. The van der Waals surface area contributed by atoms with Crippen molar-refractivity contribution in [2.45, 2.75) is 26.4 Å². The number of fused-ring (bicyclic) bond motifs is 1. The zero-order chi connectivity index (χ0) is 25.4. The summed E-state index contributed by atoms with van der Waals surface area (Å²) in [5.74, 6) is -6.16. The summed E-state index contributed by atoms with van der Waals surface area (Å²) in [5, 5.41) is 10.8. The number of anilines is 1. The second kappa shape index (κ2) is 9.41. The van der Waals surface area contributed by atoms with Crippen molar-refractivity contribution in [1.29, 1.82) is 0 Å². The lowest BCUT2D eigenvalue weighted by Gasteiger charge is -2.27. The number of hydrogen-bond acceptors (Lipinski definition) is 6. The minimum atomic E-state index is -1.34. The average molecular weight is 505 g/mol. The normalized spacial score (nSPS) is 13.1. The number of rotatable bonds is 7. The maximum atomic E-state index is 15.1. The predicted octanol–water partition coefficient (Wildman–Crippen LogP) is 4.74. The third-order valence-electron chi connectivity index (χ3n) is 5.57. The Morgan fingerprint density at radius 2 is 1.89 bits per heavy atom. The van der Waals surface area contributed by atoms with Crippen LogP contribution in [0.3, 0.4) is 0 Å². The van der Waals surface area contributed by atoms with Crippen LogP contribution in [0, 0.1) is 17.5 Å². The third kappa shape index (κ3) is 4.23. The Balaban J connectivity index is 1.74. The van der Waals surface area contributed by atoms with Crippen LogP contribution in [0.4, 0.5) is 18.9 Å². The average Bonchev–Trinajstić information content (AvgIpc) is 3.25. The molecule has 1 aliphatic rings. The predicted molar refractivity (Wildman–Crippen MR) is 120 cm³/mol. The van der Waals surface area contributed by atoms with Crippen LogP contribution < -0.4 is 14.4 Å². The fourth-order valence-electron chi connectivity index (χ4n) is 3.84. The number of methoxy groups -OCH3 is 1. The zero-order valence-corrected chi connectivity index (χ0v) is 19.3. The molecule has 0 fully saturated rings. The fraction of sp³-hybridized carbons (Fsp3) is 0.208. The number of halogens is 3. The highest BCUT2D eigenvalue weighted by molar-refractivity contribution is 7.12. The summed E-state index contributed by atoms with van der Waals surface area (Å²) in [7, 11) is 1.28. The maximum Gasteiger partial charge on any atom is 0.346 e. The van der Waals surface area contributed by atoms with Crippen LogP contribution in [0.2, 0.25) is 0 Å². The van der Waals surface area contributed by atoms with Gasteiger partial charge in [-0.1, -0.05) is 6.92 Å². The number of carbonyl (C=O) groups is 3. The molecule has 0 radical (unpaired) electrons. The molecule has 2 amide bonds. The lowest BCUT2D eigenvalue weighted by atomic mass is 10.00. The van der Waals surface area contributed by atoms with Gasteiger partial charge in [0.1, 0.15) is 28.8 Å². The lowest BCUT2D eigenvalue weighted by molar-refractivity contribution is -0.117. The summed E-state index contributed by atoms with van der Waals surface area (Å²) in [6.07, 6.45) is -0.00322. The molecule has 1 aromatic heterocycles. The van der Waals surface area contributed by atoms with Crippen molar-refractivity contribution in [3.63, 3.8) is 0 Å². The van der Waals surface area contributed by atoms with Crippen molar-refractivity contribution in [3.05, 3.63) is 74.2 Å².